The van der Waals surface area contributed by atoms with Crippen LogP contribution in [0.5, 0.6) is 0 Å². The Morgan fingerprint density at radius 3 is 2.37 bits per heavy atom. The minimum Gasteiger partial charge on any atom is -0.389 e. The Kier molecular flexibility index (Phi) is 8.35. The van der Waals surface area contributed by atoms with Gasteiger partial charge in [0, 0.05) is 13.2 Å². The van der Waals surface area contributed by atoms with Crippen LogP contribution in [0.4, 0.5) is 0 Å². The van der Waals surface area contributed by atoms with Crippen LogP contribution in [-0.2, 0) is 4.74 Å². The first-order chi connectivity index (χ1) is 8.70. The fourth-order valence-electron chi connectivity index (χ4n) is 1.59. The third-order valence-electron chi connectivity index (χ3n) is 4.07. The van der Waals surface area contributed by atoms with Gasteiger partial charge in [0.05, 0.1) is 12.7 Å². The highest BCUT2D eigenvalue weighted by atomic mass is 16.5. The molecule has 3 nitrogen and oxygen atoms in total. The first-order valence-corrected chi connectivity index (χ1v) is 7.31. The van der Waals surface area contributed by atoms with Crippen LogP contribution in [0.3, 0.4) is 0 Å². The summed E-state index contributed by atoms with van der Waals surface area (Å²) in [5.74, 6) is 0. The maximum Gasteiger partial charge on any atom is 0.0945 e. The molecule has 0 aromatic carbocycles. The van der Waals surface area contributed by atoms with E-state index in [1.165, 1.54) is 0 Å². The van der Waals surface area contributed by atoms with Gasteiger partial charge in [-0.25, -0.2) is 0 Å². The van der Waals surface area contributed by atoms with E-state index in [0.29, 0.717) is 24.0 Å². The fraction of sp³-hybridized carbons (Fsp3) is 0.875. The number of allylic oxidation sites excluding steroid dienone is 1. The van der Waals surface area contributed by atoms with Crippen LogP contribution >= 0.6 is 0 Å². The molecular formula is C16H33NO2. The summed E-state index contributed by atoms with van der Waals surface area (Å²) < 4.78 is 5.52. The number of rotatable bonds is 9. The van der Waals surface area contributed by atoms with Crippen molar-refractivity contribution in [3.63, 3.8) is 0 Å². The van der Waals surface area contributed by atoms with Crippen LogP contribution in [0, 0.1) is 10.8 Å². The van der Waals surface area contributed by atoms with Gasteiger partial charge in [-0.05, 0) is 36.8 Å². The Morgan fingerprint density at radius 1 is 1.21 bits per heavy atom. The van der Waals surface area contributed by atoms with Crippen LogP contribution < -0.4 is 5.32 Å². The zero-order valence-corrected chi connectivity index (χ0v) is 13.6. The van der Waals surface area contributed by atoms with Crippen LogP contribution in [0.15, 0.2) is 12.3 Å². The summed E-state index contributed by atoms with van der Waals surface area (Å²) in [6, 6.07) is 0. The van der Waals surface area contributed by atoms with E-state index < -0.39 is 6.10 Å². The van der Waals surface area contributed by atoms with Gasteiger partial charge in [0.25, 0.3) is 0 Å². The second kappa shape index (κ2) is 8.60. The van der Waals surface area contributed by atoms with Crippen LogP contribution in [0.1, 0.15) is 54.4 Å². The Morgan fingerprint density at radius 2 is 1.84 bits per heavy atom. The summed E-state index contributed by atoms with van der Waals surface area (Å²) in [6.07, 6.45) is 5.48. The van der Waals surface area contributed by atoms with E-state index in [1.807, 2.05) is 19.2 Å². The zero-order chi connectivity index (χ0) is 14.9. The molecule has 3 heteroatoms. The smallest absolute Gasteiger partial charge is 0.0945 e. The molecule has 0 aliphatic heterocycles. The minimum atomic E-state index is -0.438. The second-order valence-corrected chi connectivity index (χ2v) is 6.87. The van der Waals surface area contributed by atoms with Gasteiger partial charge in [-0.15, -0.1) is 0 Å². The maximum atomic E-state index is 9.64. The molecule has 0 spiro atoms. The molecule has 2 N–H and O–H groups in total. The summed E-state index contributed by atoms with van der Waals surface area (Å²) in [6.45, 7) is 15.1. The van der Waals surface area contributed by atoms with Gasteiger partial charge in [0.1, 0.15) is 0 Å². The first-order valence-electron chi connectivity index (χ1n) is 7.31. The molecule has 0 heterocycles. The van der Waals surface area contributed by atoms with E-state index in [2.05, 4.69) is 39.9 Å². The number of hydrogen-bond donors (Lipinski definition) is 2. The molecule has 114 valence electrons. The fourth-order valence-corrected chi connectivity index (χ4v) is 1.59. The van der Waals surface area contributed by atoms with Crippen molar-refractivity contribution in [2.75, 3.05) is 19.8 Å². The lowest BCUT2D eigenvalue weighted by Gasteiger charge is -2.39. The molecule has 1 unspecified atom stereocenters. The van der Waals surface area contributed by atoms with Crippen LogP contribution in [0.25, 0.3) is 0 Å². The van der Waals surface area contributed by atoms with Gasteiger partial charge in [-0.2, -0.15) is 0 Å². The van der Waals surface area contributed by atoms with Crippen molar-refractivity contribution in [2.45, 2.75) is 60.5 Å². The normalized spacial score (nSPS) is 14.9. The van der Waals surface area contributed by atoms with Gasteiger partial charge in [-0.1, -0.05) is 40.7 Å². The summed E-state index contributed by atoms with van der Waals surface area (Å²) in [5.41, 5.74) is 0.616. The highest BCUT2D eigenvalue weighted by Gasteiger charge is 2.31. The number of aliphatic hydroxyl groups excluding tert-OH is 1. The summed E-state index contributed by atoms with van der Waals surface area (Å²) in [7, 11) is 0. The SMILES string of the molecule is CC=CNCC(O)COCCCC(C)(C)C(C)(C)C. The third kappa shape index (κ3) is 8.27. The molecule has 0 amide bonds. The van der Waals surface area contributed by atoms with Crippen molar-refractivity contribution < 1.29 is 9.84 Å². The number of nitrogens with one attached hydrogen (secondary N) is 1. The van der Waals surface area contributed by atoms with Gasteiger partial charge in [0.2, 0.25) is 0 Å². The summed E-state index contributed by atoms with van der Waals surface area (Å²) in [4.78, 5) is 0. The molecule has 0 saturated carbocycles. The minimum absolute atomic E-state index is 0.308. The average molecular weight is 271 g/mol. The van der Waals surface area contributed by atoms with Gasteiger partial charge in [-0.3, -0.25) is 0 Å². The van der Waals surface area contributed by atoms with Crippen molar-refractivity contribution in [3.05, 3.63) is 12.3 Å². The van der Waals surface area contributed by atoms with E-state index in [0.717, 1.165) is 19.4 Å². The van der Waals surface area contributed by atoms with E-state index >= 15 is 0 Å². The molecule has 0 bridgehead atoms. The summed E-state index contributed by atoms with van der Waals surface area (Å²) in [5, 5.41) is 12.7. The molecule has 1 atom stereocenters. The Labute approximate surface area is 119 Å². The Balaban J connectivity index is 3.65. The van der Waals surface area contributed by atoms with Crippen molar-refractivity contribution in [3.8, 4) is 0 Å². The van der Waals surface area contributed by atoms with Crippen molar-refractivity contribution in [1.82, 2.24) is 5.32 Å². The van der Waals surface area contributed by atoms with E-state index in [-0.39, 0.29) is 0 Å². The summed E-state index contributed by atoms with van der Waals surface area (Å²) >= 11 is 0. The third-order valence-corrected chi connectivity index (χ3v) is 4.07. The molecule has 0 radical (unpaired) electrons. The lowest BCUT2D eigenvalue weighted by Crippen LogP contribution is -2.30. The molecule has 0 rings (SSSR count). The topological polar surface area (TPSA) is 41.5 Å². The molecule has 0 aliphatic carbocycles. The Hall–Kier alpha value is -0.540. The molecule has 0 aromatic heterocycles. The monoisotopic (exact) mass is 271 g/mol. The quantitative estimate of drug-likeness (QED) is 0.632. The molecule has 0 saturated heterocycles. The molecule has 0 fully saturated rings. The number of hydrogen-bond acceptors (Lipinski definition) is 3. The van der Waals surface area contributed by atoms with Crippen LogP contribution in [0.2, 0.25) is 0 Å². The maximum absolute atomic E-state index is 9.64. The van der Waals surface area contributed by atoms with E-state index in [1.54, 1.807) is 0 Å². The first kappa shape index (κ1) is 18.5. The van der Waals surface area contributed by atoms with Crippen LogP contribution in [-0.4, -0.2) is 31.0 Å². The second-order valence-electron chi connectivity index (χ2n) is 6.87. The zero-order valence-electron chi connectivity index (χ0n) is 13.6. The average Bonchev–Trinajstić information content (AvgIpc) is 2.27. The largest absolute Gasteiger partial charge is 0.389 e. The Bertz CT molecular complexity index is 254. The molecule has 19 heavy (non-hydrogen) atoms. The van der Waals surface area contributed by atoms with E-state index in [4.69, 9.17) is 4.74 Å². The van der Waals surface area contributed by atoms with Gasteiger partial charge < -0.3 is 15.2 Å². The van der Waals surface area contributed by atoms with Crippen molar-refractivity contribution in [1.29, 1.82) is 0 Å². The van der Waals surface area contributed by atoms with Gasteiger partial charge in [0.15, 0.2) is 0 Å². The van der Waals surface area contributed by atoms with Crippen molar-refractivity contribution in [2.24, 2.45) is 10.8 Å². The highest BCUT2D eigenvalue weighted by Crippen LogP contribution is 2.41. The predicted molar refractivity (Wildman–Crippen MR) is 82.1 cm³/mol. The molecule has 0 aromatic rings. The van der Waals surface area contributed by atoms with E-state index in [9.17, 15) is 5.11 Å². The molecule has 0 aliphatic rings. The highest BCUT2D eigenvalue weighted by molar-refractivity contribution is 4.82. The number of ether oxygens (including phenoxy) is 1. The van der Waals surface area contributed by atoms with Gasteiger partial charge >= 0.3 is 0 Å². The lowest BCUT2D eigenvalue weighted by atomic mass is 9.67. The predicted octanol–water partition coefficient (Wildman–Crippen LogP) is 3.34. The lowest BCUT2D eigenvalue weighted by molar-refractivity contribution is 0.0281. The number of aliphatic hydroxyl groups is 1. The molecular weight excluding hydrogens is 238 g/mol. The van der Waals surface area contributed by atoms with Crippen molar-refractivity contribution >= 4 is 0 Å². The standard InChI is InChI=1S/C16H33NO2/c1-7-10-17-12-14(18)13-19-11-8-9-16(5,6)15(2,3)4/h7,10,14,17-18H,8-9,11-13H2,1-6H3.